The molecule has 1 aliphatic heterocycles. The molecule has 0 unspecified atom stereocenters. The minimum Gasteiger partial charge on any atom is -0.283 e. The first-order valence-electron chi connectivity index (χ1n) is 11.0. The number of nitrogens with one attached hydrogen (secondary N) is 1. The van der Waals surface area contributed by atoms with Crippen LogP contribution in [0.25, 0.3) is 16.3 Å². The van der Waals surface area contributed by atoms with Crippen LogP contribution >= 0.6 is 34.5 Å². The van der Waals surface area contributed by atoms with Crippen molar-refractivity contribution in [2.24, 2.45) is 0 Å². The number of benzene rings is 1. The Morgan fingerprint density at radius 2 is 1.91 bits per heavy atom. The molecule has 4 rings (SSSR count). The highest BCUT2D eigenvalue weighted by atomic mass is 35.5. The Kier molecular flexibility index (Phi) is 8.08. The largest absolute Gasteiger partial charge is 0.287 e. The fourth-order valence-electron chi connectivity index (χ4n) is 3.74. The molecule has 1 saturated heterocycles. The third kappa shape index (κ3) is 5.68. The summed E-state index contributed by atoms with van der Waals surface area (Å²) in [5, 5.41) is 26.0. The summed E-state index contributed by atoms with van der Waals surface area (Å²) in [6, 6.07) is 12.9. The molecule has 0 saturated carbocycles. The van der Waals surface area contributed by atoms with E-state index in [1.165, 1.54) is 16.0 Å². The van der Waals surface area contributed by atoms with E-state index in [1.54, 1.807) is 18.2 Å². The van der Waals surface area contributed by atoms with Gasteiger partial charge in [0.05, 0.1) is 26.5 Å². The van der Waals surface area contributed by atoms with E-state index >= 15 is 0 Å². The Morgan fingerprint density at radius 1 is 1.11 bits per heavy atom. The molecular weight excluding hydrogens is 503 g/mol. The summed E-state index contributed by atoms with van der Waals surface area (Å²) in [4.78, 5) is 14.7. The van der Waals surface area contributed by atoms with Crippen LogP contribution in [0.5, 0.6) is 0 Å². The van der Waals surface area contributed by atoms with Gasteiger partial charge in [-0.3, -0.25) is 10.2 Å². The van der Waals surface area contributed by atoms with Crippen molar-refractivity contribution < 1.29 is 4.79 Å². The maximum absolute atomic E-state index is 13.2. The zero-order valence-corrected chi connectivity index (χ0v) is 21.0. The molecule has 0 aliphatic carbocycles. The Morgan fingerprint density at radius 3 is 2.63 bits per heavy atom. The van der Waals surface area contributed by atoms with Crippen LogP contribution in [-0.4, -0.2) is 33.8 Å². The van der Waals surface area contributed by atoms with Crippen molar-refractivity contribution in [1.82, 2.24) is 20.2 Å². The molecule has 7 nitrogen and oxygen atoms in total. The van der Waals surface area contributed by atoms with Crippen LogP contribution in [0, 0.1) is 34.5 Å². The van der Waals surface area contributed by atoms with E-state index in [0.29, 0.717) is 39.1 Å². The first kappa shape index (κ1) is 24.8. The predicted molar refractivity (Wildman–Crippen MR) is 136 cm³/mol. The van der Waals surface area contributed by atoms with Crippen molar-refractivity contribution in [3.8, 4) is 40.2 Å². The van der Waals surface area contributed by atoms with E-state index < -0.39 is 5.91 Å². The molecule has 176 valence electrons. The number of rotatable bonds is 5. The van der Waals surface area contributed by atoms with Gasteiger partial charge in [-0.25, -0.2) is 9.69 Å². The Hall–Kier alpha value is -3.32. The van der Waals surface area contributed by atoms with Crippen LogP contribution in [0.1, 0.15) is 53.0 Å². The van der Waals surface area contributed by atoms with E-state index in [2.05, 4.69) is 34.5 Å². The zero-order valence-electron chi connectivity index (χ0n) is 18.6. The smallest absolute Gasteiger partial charge is 0.283 e. The predicted octanol–water partition coefficient (Wildman–Crippen LogP) is 5.57. The summed E-state index contributed by atoms with van der Waals surface area (Å²) >= 11 is 13.9. The topological polar surface area (TPSA) is 97.7 Å². The van der Waals surface area contributed by atoms with E-state index in [4.69, 9.17) is 28.5 Å². The fraction of sp³-hybridized carbons (Fsp3) is 0.280. The summed E-state index contributed by atoms with van der Waals surface area (Å²) in [6.07, 6.45) is 3.97. The number of carbonyl (C=O) groups excluding carboxylic acids is 1. The molecule has 3 heterocycles. The number of aromatic nitrogens is 2. The van der Waals surface area contributed by atoms with Gasteiger partial charge in [0.1, 0.15) is 17.3 Å². The molecule has 0 radical (unpaired) electrons. The van der Waals surface area contributed by atoms with Crippen molar-refractivity contribution in [2.45, 2.75) is 32.1 Å². The lowest BCUT2D eigenvalue weighted by atomic mass is 10.1. The minimum absolute atomic E-state index is 0.0224. The van der Waals surface area contributed by atoms with Crippen molar-refractivity contribution in [3.05, 3.63) is 56.5 Å². The van der Waals surface area contributed by atoms with Gasteiger partial charge >= 0.3 is 0 Å². The average Bonchev–Trinajstić information content (AvgIpc) is 3.47. The summed E-state index contributed by atoms with van der Waals surface area (Å²) in [7, 11) is 0. The van der Waals surface area contributed by atoms with Gasteiger partial charge in [-0.2, -0.15) is 15.6 Å². The lowest BCUT2D eigenvalue weighted by molar-refractivity contribution is 0.0744. The Labute approximate surface area is 217 Å². The van der Waals surface area contributed by atoms with Gasteiger partial charge < -0.3 is 0 Å². The number of hydrogen-bond donors (Lipinski definition) is 1. The molecule has 1 amide bonds. The normalized spacial score (nSPS) is 13.4. The molecule has 2 aromatic heterocycles. The molecule has 0 spiro atoms. The quantitative estimate of drug-likeness (QED) is 0.349. The van der Waals surface area contributed by atoms with Crippen LogP contribution in [-0.2, 0) is 0 Å². The molecule has 0 atom stereocenters. The number of thiophene rings is 1. The lowest BCUT2D eigenvalue weighted by Crippen LogP contribution is -2.45. The maximum atomic E-state index is 13.2. The zero-order chi connectivity index (χ0) is 24.8. The number of halogens is 2. The first-order chi connectivity index (χ1) is 17.0. The Bertz CT molecular complexity index is 1400. The van der Waals surface area contributed by atoms with Crippen LogP contribution in [0.3, 0.4) is 0 Å². The molecule has 3 aromatic rings. The molecule has 1 fully saturated rings. The van der Waals surface area contributed by atoms with Crippen LogP contribution in [0.15, 0.2) is 30.3 Å². The van der Waals surface area contributed by atoms with E-state index in [1.807, 2.05) is 17.1 Å². The molecule has 1 aromatic carbocycles. The molecular formula is C25H20Cl2N6OS. The second-order valence-electron chi connectivity index (χ2n) is 7.80. The average molecular weight is 523 g/mol. The van der Waals surface area contributed by atoms with Gasteiger partial charge in [-0.1, -0.05) is 41.5 Å². The minimum atomic E-state index is -0.443. The fourth-order valence-corrected chi connectivity index (χ4v) is 5.15. The summed E-state index contributed by atoms with van der Waals surface area (Å²) < 4.78 is 1.51. The number of amides is 1. The van der Waals surface area contributed by atoms with Crippen molar-refractivity contribution in [3.63, 3.8) is 0 Å². The Balaban J connectivity index is 1.80. The van der Waals surface area contributed by atoms with Gasteiger partial charge in [-0.15, -0.1) is 11.3 Å². The third-order valence-electron chi connectivity index (χ3n) is 5.38. The highest BCUT2D eigenvalue weighted by Gasteiger charge is 2.28. The highest BCUT2D eigenvalue weighted by molar-refractivity contribution is 7.16. The van der Waals surface area contributed by atoms with E-state index in [9.17, 15) is 10.1 Å². The summed E-state index contributed by atoms with van der Waals surface area (Å²) in [5.41, 5.74) is 4.01. The standard InChI is InChI=1S/C25H20Cl2N6OS/c26-17-8-10-21(20(27)15-17)33-24(22-11-9-18(35-22)7-3-1-4-12-28)19(16-29)23(30-33)25(34)31-32-13-5-2-6-14-32/h8-11,15H,1-2,4-6,13-14H2,(H,31,34). The van der Waals surface area contributed by atoms with Gasteiger partial charge in [0.15, 0.2) is 5.69 Å². The summed E-state index contributed by atoms with van der Waals surface area (Å²) in [5.74, 6) is 5.57. The number of hydrogen-bond acceptors (Lipinski definition) is 6. The number of piperidine rings is 1. The van der Waals surface area contributed by atoms with Crippen molar-refractivity contribution >= 4 is 40.4 Å². The van der Waals surface area contributed by atoms with E-state index in [0.717, 1.165) is 37.2 Å². The first-order valence-corrected chi connectivity index (χ1v) is 12.6. The molecule has 0 bridgehead atoms. The van der Waals surface area contributed by atoms with E-state index in [-0.39, 0.29) is 11.3 Å². The van der Waals surface area contributed by atoms with Crippen LogP contribution in [0.4, 0.5) is 0 Å². The van der Waals surface area contributed by atoms with Gasteiger partial charge in [0.2, 0.25) is 0 Å². The van der Waals surface area contributed by atoms with Crippen molar-refractivity contribution in [1.29, 1.82) is 10.5 Å². The molecule has 1 aliphatic rings. The highest BCUT2D eigenvalue weighted by Crippen LogP contribution is 2.36. The maximum Gasteiger partial charge on any atom is 0.287 e. The van der Waals surface area contributed by atoms with Gasteiger partial charge in [0.25, 0.3) is 5.91 Å². The summed E-state index contributed by atoms with van der Waals surface area (Å²) in [6.45, 7) is 1.51. The van der Waals surface area contributed by atoms with Gasteiger partial charge in [0, 0.05) is 31.0 Å². The third-order valence-corrected chi connectivity index (χ3v) is 6.92. The van der Waals surface area contributed by atoms with Crippen LogP contribution in [0.2, 0.25) is 10.0 Å². The van der Waals surface area contributed by atoms with Crippen molar-refractivity contribution in [2.75, 3.05) is 13.1 Å². The molecule has 10 heteroatoms. The van der Waals surface area contributed by atoms with Gasteiger partial charge in [-0.05, 0) is 43.2 Å². The molecule has 35 heavy (non-hydrogen) atoms. The van der Waals surface area contributed by atoms with Crippen LogP contribution < -0.4 is 5.43 Å². The number of carbonyl (C=O) groups is 1. The second kappa shape index (κ2) is 11.4. The lowest BCUT2D eigenvalue weighted by Gasteiger charge is -2.26. The number of nitrogens with zero attached hydrogens (tertiary/aromatic N) is 5. The second-order valence-corrected chi connectivity index (χ2v) is 9.73. The number of unbranched alkanes of at least 4 members (excludes halogenated alkanes) is 1. The molecule has 1 N–H and O–H groups in total. The SMILES string of the molecule is N#CCCC#Cc1ccc(-c2c(C#N)c(C(=O)NN3CCCCC3)nn2-c2ccc(Cl)cc2Cl)s1. The number of hydrazine groups is 1. The number of nitriles is 2. The monoisotopic (exact) mass is 522 g/mol.